The van der Waals surface area contributed by atoms with Gasteiger partial charge in [-0.25, -0.2) is 8.42 Å². The van der Waals surface area contributed by atoms with Crippen LogP contribution in [0.4, 0.5) is 0 Å². The van der Waals surface area contributed by atoms with Gasteiger partial charge in [0, 0.05) is 7.05 Å². The molecule has 0 aliphatic heterocycles. The topological polar surface area (TPSA) is 99.5 Å². The minimum absolute atomic E-state index is 0.0274. The van der Waals surface area contributed by atoms with Gasteiger partial charge in [0.2, 0.25) is 15.9 Å². The van der Waals surface area contributed by atoms with E-state index in [0.29, 0.717) is 11.3 Å². The predicted octanol–water partition coefficient (Wildman–Crippen LogP) is 1.68. The Morgan fingerprint density at radius 1 is 1.22 bits per heavy atom. The number of likely N-dealkylation sites (N-methyl/N-ethyl adjacent to an activating group) is 1. The highest BCUT2D eigenvalue weighted by atomic mass is 32.2. The van der Waals surface area contributed by atoms with Gasteiger partial charge in [0.25, 0.3) is 0 Å². The number of benzene rings is 2. The lowest BCUT2D eigenvalue weighted by molar-refractivity contribution is -0.121. The van der Waals surface area contributed by atoms with Crippen molar-refractivity contribution in [1.29, 1.82) is 5.26 Å². The maximum absolute atomic E-state index is 12.5. The number of rotatable bonds is 8. The molecule has 0 saturated carbocycles. The van der Waals surface area contributed by atoms with Crippen molar-refractivity contribution in [3.8, 4) is 11.8 Å². The third-order valence-electron chi connectivity index (χ3n) is 3.74. The summed E-state index contributed by atoms with van der Waals surface area (Å²) in [7, 11) is -2.48. The van der Waals surface area contributed by atoms with Crippen molar-refractivity contribution in [1.82, 2.24) is 9.62 Å². The van der Waals surface area contributed by atoms with Gasteiger partial charge < -0.3 is 10.1 Å². The van der Waals surface area contributed by atoms with Gasteiger partial charge in [-0.2, -0.15) is 9.57 Å². The number of carbonyl (C=O) groups is 1. The number of carbonyl (C=O) groups excluding carboxylic acids is 1. The van der Waals surface area contributed by atoms with E-state index in [1.54, 1.807) is 0 Å². The molecule has 1 amide bonds. The monoisotopic (exact) mass is 387 g/mol. The highest BCUT2D eigenvalue weighted by Crippen LogP contribution is 2.15. The molecule has 27 heavy (non-hydrogen) atoms. The van der Waals surface area contributed by atoms with Crippen LogP contribution in [0.3, 0.4) is 0 Å². The molecule has 0 unspecified atom stereocenters. The molecule has 0 fully saturated rings. The number of hydrogen-bond acceptors (Lipinski definition) is 5. The van der Waals surface area contributed by atoms with Crippen molar-refractivity contribution in [3.63, 3.8) is 0 Å². The van der Waals surface area contributed by atoms with E-state index in [1.807, 2.05) is 37.3 Å². The lowest BCUT2D eigenvalue weighted by Gasteiger charge is -2.17. The van der Waals surface area contributed by atoms with Crippen LogP contribution >= 0.6 is 0 Å². The first-order valence-electron chi connectivity index (χ1n) is 8.25. The van der Waals surface area contributed by atoms with E-state index in [2.05, 4.69) is 5.32 Å². The summed E-state index contributed by atoms with van der Waals surface area (Å²) < 4.78 is 31.4. The molecular weight excluding hydrogens is 366 g/mol. The number of hydrogen-bond donors (Lipinski definition) is 1. The van der Waals surface area contributed by atoms with Gasteiger partial charge in [0.1, 0.15) is 12.4 Å². The molecule has 0 atom stereocenters. The summed E-state index contributed by atoms with van der Waals surface area (Å²) in [4.78, 5) is 12.0. The van der Waals surface area contributed by atoms with E-state index >= 15 is 0 Å². The standard InChI is InChI=1S/C19H21N3O4S/c1-15-4-3-5-17(12-15)26-11-10-21-19(23)14-22(2)27(24,25)18-8-6-16(13-20)7-9-18/h3-9,12H,10-11,14H2,1-2H3,(H,21,23). The summed E-state index contributed by atoms with van der Waals surface area (Å²) in [5.74, 6) is 0.285. The van der Waals surface area contributed by atoms with Crippen molar-refractivity contribution in [2.45, 2.75) is 11.8 Å². The fourth-order valence-corrected chi connectivity index (χ4v) is 3.42. The second kappa shape index (κ2) is 9.16. The first-order valence-corrected chi connectivity index (χ1v) is 9.69. The second-order valence-electron chi connectivity index (χ2n) is 5.91. The third kappa shape index (κ3) is 5.81. The molecule has 0 aliphatic rings. The molecule has 0 bridgehead atoms. The smallest absolute Gasteiger partial charge is 0.243 e. The van der Waals surface area contributed by atoms with Crippen LogP contribution in [0.15, 0.2) is 53.4 Å². The Kier molecular flexibility index (Phi) is 6.93. The average Bonchev–Trinajstić information content (AvgIpc) is 2.65. The van der Waals surface area contributed by atoms with Gasteiger partial charge in [-0.05, 0) is 48.9 Å². The zero-order valence-corrected chi connectivity index (χ0v) is 16.0. The molecule has 8 heteroatoms. The summed E-state index contributed by atoms with van der Waals surface area (Å²) >= 11 is 0. The average molecular weight is 387 g/mol. The number of ether oxygens (including phenoxy) is 1. The van der Waals surface area contributed by atoms with E-state index < -0.39 is 15.9 Å². The normalized spacial score (nSPS) is 11.0. The van der Waals surface area contributed by atoms with Crippen LogP contribution in [0.25, 0.3) is 0 Å². The summed E-state index contributed by atoms with van der Waals surface area (Å²) in [6.45, 7) is 2.18. The molecule has 2 aromatic carbocycles. The fraction of sp³-hybridized carbons (Fsp3) is 0.263. The number of nitriles is 1. The summed E-state index contributed by atoms with van der Waals surface area (Å²) in [5, 5.41) is 11.4. The molecule has 7 nitrogen and oxygen atoms in total. The van der Waals surface area contributed by atoms with Crippen LogP contribution in [0.2, 0.25) is 0 Å². The summed E-state index contributed by atoms with van der Waals surface area (Å²) in [5.41, 5.74) is 1.44. The highest BCUT2D eigenvalue weighted by Gasteiger charge is 2.22. The molecular formula is C19H21N3O4S. The number of amides is 1. The van der Waals surface area contributed by atoms with Crippen molar-refractivity contribution < 1.29 is 17.9 Å². The molecule has 0 aromatic heterocycles. The maximum atomic E-state index is 12.5. The van der Waals surface area contributed by atoms with Crippen LogP contribution in [0.1, 0.15) is 11.1 Å². The maximum Gasteiger partial charge on any atom is 0.243 e. The van der Waals surface area contributed by atoms with Crippen LogP contribution < -0.4 is 10.1 Å². The van der Waals surface area contributed by atoms with Crippen molar-refractivity contribution in [2.75, 3.05) is 26.7 Å². The zero-order chi connectivity index (χ0) is 19.9. The zero-order valence-electron chi connectivity index (χ0n) is 15.2. The van der Waals surface area contributed by atoms with Gasteiger partial charge in [-0.1, -0.05) is 12.1 Å². The van der Waals surface area contributed by atoms with E-state index in [0.717, 1.165) is 9.87 Å². The molecule has 0 heterocycles. The summed E-state index contributed by atoms with van der Waals surface area (Å²) in [6.07, 6.45) is 0. The molecule has 0 radical (unpaired) electrons. The largest absolute Gasteiger partial charge is 0.492 e. The Labute approximate surface area is 159 Å². The van der Waals surface area contributed by atoms with Gasteiger partial charge in [-0.3, -0.25) is 4.79 Å². The minimum Gasteiger partial charge on any atom is -0.492 e. The number of nitrogens with zero attached hydrogens (tertiary/aromatic N) is 2. The first kappa shape index (κ1) is 20.4. The van der Waals surface area contributed by atoms with E-state index in [4.69, 9.17) is 10.00 Å². The van der Waals surface area contributed by atoms with E-state index in [1.165, 1.54) is 31.3 Å². The van der Waals surface area contributed by atoms with Crippen LogP contribution in [-0.2, 0) is 14.8 Å². The Bertz CT molecular complexity index is 934. The number of nitrogens with one attached hydrogen (secondary N) is 1. The molecule has 0 aliphatic carbocycles. The second-order valence-corrected chi connectivity index (χ2v) is 7.96. The van der Waals surface area contributed by atoms with Gasteiger partial charge >= 0.3 is 0 Å². The summed E-state index contributed by atoms with van der Waals surface area (Å²) in [6, 6.07) is 15.0. The molecule has 0 spiro atoms. The van der Waals surface area contributed by atoms with Crippen molar-refractivity contribution in [2.24, 2.45) is 0 Å². The van der Waals surface area contributed by atoms with Gasteiger partial charge in [0.05, 0.1) is 29.6 Å². The van der Waals surface area contributed by atoms with Crippen LogP contribution in [-0.4, -0.2) is 45.4 Å². The van der Waals surface area contributed by atoms with Crippen LogP contribution in [0.5, 0.6) is 5.75 Å². The van der Waals surface area contributed by atoms with Crippen molar-refractivity contribution >= 4 is 15.9 Å². The minimum atomic E-state index is -3.81. The van der Waals surface area contributed by atoms with Gasteiger partial charge in [0.15, 0.2) is 0 Å². The molecule has 2 rings (SSSR count). The molecule has 1 N–H and O–H groups in total. The number of sulfonamides is 1. The molecule has 142 valence electrons. The van der Waals surface area contributed by atoms with Crippen molar-refractivity contribution in [3.05, 3.63) is 59.7 Å². The SMILES string of the molecule is Cc1cccc(OCCNC(=O)CN(C)S(=O)(=O)c2ccc(C#N)cc2)c1. The van der Waals surface area contributed by atoms with E-state index in [9.17, 15) is 13.2 Å². The van der Waals surface area contributed by atoms with Gasteiger partial charge in [-0.15, -0.1) is 0 Å². The first-order chi connectivity index (χ1) is 12.8. The highest BCUT2D eigenvalue weighted by molar-refractivity contribution is 7.89. The Morgan fingerprint density at radius 3 is 2.56 bits per heavy atom. The lowest BCUT2D eigenvalue weighted by Crippen LogP contribution is -2.39. The predicted molar refractivity (Wildman–Crippen MR) is 101 cm³/mol. The Morgan fingerprint density at radius 2 is 1.93 bits per heavy atom. The lowest BCUT2D eigenvalue weighted by atomic mass is 10.2. The Balaban J connectivity index is 1.82. The third-order valence-corrected chi connectivity index (χ3v) is 5.56. The fourth-order valence-electron chi connectivity index (χ4n) is 2.29. The van der Waals surface area contributed by atoms with E-state index in [-0.39, 0.29) is 24.6 Å². The molecule has 2 aromatic rings. The Hall–Kier alpha value is -2.89. The number of aryl methyl sites for hydroxylation is 1. The quantitative estimate of drug-likeness (QED) is 0.695. The molecule has 0 saturated heterocycles. The van der Waals surface area contributed by atoms with Crippen LogP contribution in [0, 0.1) is 18.3 Å².